The van der Waals surface area contributed by atoms with E-state index in [4.69, 9.17) is 11.6 Å². The second-order valence-electron chi connectivity index (χ2n) is 4.69. The Morgan fingerprint density at radius 1 is 1.25 bits per heavy atom. The molecule has 0 bridgehead atoms. The van der Waals surface area contributed by atoms with Gasteiger partial charge >= 0.3 is 0 Å². The number of benzene rings is 1. The minimum atomic E-state index is -0.255. The van der Waals surface area contributed by atoms with Gasteiger partial charge in [-0.05, 0) is 49.7 Å². The zero-order valence-corrected chi connectivity index (χ0v) is 12.5. The number of aryl methyl sites for hydroxylation is 1. The maximum Gasteiger partial charge on any atom is 0.123 e. The largest absolute Gasteiger partial charge is 0.366 e. The highest BCUT2D eigenvalue weighted by atomic mass is 35.5. The van der Waals surface area contributed by atoms with Gasteiger partial charge in [-0.3, -0.25) is 4.98 Å². The lowest BCUT2D eigenvalue weighted by Crippen LogP contribution is -2.23. The number of rotatable bonds is 5. The fourth-order valence-corrected chi connectivity index (χ4v) is 2.43. The fourth-order valence-electron chi connectivity index (χ4n) is 2.22. The van der Waals surface area contributed by atoms with Crippen LogP contribution in [0.5, 0.6) is 0 Å². The van der Waals surface area contributed by atoms with E-state index in [1.54, 1.807) is 6.07 Å². The van der Waals surface area contributed by atoms with E-state index in [2.05, 4.69) is 16.8 Å². The Morgan fingerprint density at radius 2 is 2.05 bits per heavy atom. The van der Waals surface area contributed by atoms with E-state index in [-0.39, 0.29) is 5.82 Å². The average molecular weight is 293 g/mol. The van der Waals surface area contributed by atoms with Gasteiger partial charge in [0, 0.05) is 23.8 Å². The molecule has 0 aliphatic carbocycles. The molecule has 2 aromatic rings. The summed E-state index contributed by atoms with van der Waals surface area (Å²) in [5.41, 5.74) is 3.76. The monoisotopic (exact) mass is 292 g/mol. The molecule has 0 saturated heterocycles. The number of pyridine rings is 1. The first-order valence-corrected chi connectivity index (χ1v) is 7.19. The summed E-state index contributed by atoms with van der Waals surface area (Å²) in [5, 5.41) is 0. The smallest absolute Gasteiger partial charge is 0.123 e. The van der Waals surface area contributed by atoms with Crippen LogP contribution < -0.4 is 4.90 Å². The van der Waals surface area contributed by atoms with Crippen LogP contribution in [-0.4, -0.2) is 11.5 Å². The Labute approximate surface area is 124 Å². The van der Waals surface area contributed by atoms with Crippen molar-refractivity contribution in [3.63, 3.8) is 0 Å². The number of hydrogen-bond donors (Lipinski definition) is 0. The second-order valence-corrected chi connectivity index (χ2v) is 4.96. The third-order valence-electron chi connectivity index (χ3n) is 3.21. The Kier molecular flexibility index (Phi) is 4.96. The molecular weight excluding hydrogens is 275 g/mol. The number of alkyl halides is 1. The van der Waals surface area contributed by atoms with Crippen molar-refractivity contribution in [1.82, 2.24) is 4.98 Å². The van der Waals surface area contributed by atoms with Crippen molar-refractivity contribution in [1.29, 1.82) is 0 Å². The van der Waals surface area contributed by atoms with Gasteiger partial charge in [0.1, 0.15) is 5.82 Å². The Morgan fingerprint density at radius 3 is 2.70 bits per heavy atom. The van der Waals surface area contributed by atoms with Gasteiger partial charge in [-0.2, -0.15) is 0 Å². The van der Waals surface area contributed by atoms with Gasteiger partial charge in [0.15, 0.2) is 0 Å². The van der Waals surface area contributed by atoms with Gasteiger partial charge in [0.25, 0.3) is 0 Å². The lowest BCUT2D eigenvalue weighted by molar-refractivity contribution is 0.625. The van der Waals surface area contributed by atoms with Crippen LogP contribution in [0.1, 0.15) is 23.9 Å². The highest BCUT2D eigenvalue weighted by Gasteiger charge is 2.11. The van der Waals surface area contributed by atoms with E-state index >= 15 is 0 Å². The van der Waals surface area contributed by atoms with Crippen LogP contribution in [0.15, 0.2) is 36.4 Å². The first kappa shape index (κ1) is 14.8. The van der Waals surface area contributed by atoms with E-state index in [0.29, 0.717) is 12.4 Å². The SMILES string of the molecule is CCN(Cc1cccc(C)n1)c1ccc(F)cc1CCl. The van der Waals surface area contributed by atoms with Gasteiger partial charge in [0.05, 0.1) is 12.2 Å². The third kappa shape index (κ3) is 3.48. The van der Waals surface area contributed by atoms with Crippen LogP contribution in [-0.2, 0) is 12.4 Å². The van der Waals surface area contributed by atoms with Crippen molar-refractivity contribution < 1.29 is 4.39 Å². The Balaban J connectivity index is 2.28. The van der Waals surface area contributed by atoms with Crippen molar-refractivity contribution in [3.05, 3.63) is 59.2 Å². The lowest BCUT2D eigenvalue weighted by atomic mass is 10.1. The summed E-state index contributed by atoms with van der Waals surface area (Å²) in [6.07, 6.45) is 0. The molecule has 4 heteroatoms. The van der Waals surface area contributed by atoms with Gasteiger partial charge < -0.3 is 4.90 Å². The van der Waals surface area contributed by atoms with Crippen molar-refractivity contribution in [2.75, 3.05) is 11.4 Å². The summed E-state index contributed by atoms with van der Waals surface area (Å²) in [7, 11) is 0. The molecule has 1 aromatic heterocycles. The summed E-state index contributed by atoms with van der Waals surface area (Å²) in [6.45, 7) is 5.54. The van der Waals surface area contributed by atoms with E-state index in [1.807, 2.05) is 25.1 Å². The van der Waals surface area contributed by atoms with Crippen molar-refractivity contribution in [3.8, 4) is 0 Å². The van der Waals surface area contributed by atoms with Crippen molar-refractivity contribution in [2.45, 2.75) is 26.3 Å². The molecule has 106 valence electrons. The van der Waals surface area contributed by atoms with Crippen LogP contribution in [0.2, 0.25) is 0 Å². The summed E-state index contributed by atoms with van der Waals surface area (Å²) >= 11 is 5.92. The summed E-state index contributed by atoms with van der Waals surface area (Å²) in [5.74, 6) is 0.0410. The topological polar surface area (TPSA) is 16.1 Å². The molecule has 20 heavy (non-hydrogen) atoms. The highest BCUT2D eigenvalue weighted by molar-refractivity contribution is 6.17. The highest BCUT2D eigenvalue weighted by Crippen LogP contribution is 2.24. The Hall–Kier alpha value is -1.61. The molecular formula is C16H18ClFN2. The molecule has 0 amide bonds. The lowest BCUT2D eigenvalue weighted by Gasteiger charge is -2.25. The quantitative estimate of drug-likeness (QED) is 0.764. The zero-order chi connectivity index (χ0) is 14.5. The van der Waals surface area contributed by atoms with Gasteiger partial charge in [0.2, 0.25) is 0 Å². The van der Waals surface area contributed by atoms with E-state index in [0.717, 1.165) is 29.2 Å². The van der Waals surface area contributed by atoms with Crippen LogP contribution in [0, 0.1) is 12.7 Å². The summed E-state index contributed by atoms with van der Waals surface area (Å²) < 4.78 is 13.3. The predicted molar refractivity (Wildman–Crippen MR) is 81.7 cm³/mol. The standard InChI is InChI=1S/C16H18ClFN2/c1-3-20(11-15-6-4-5-12(2)19-15)16-8-7-14(18)9-13(16)10-17/h4-9H,3,10-11H2,1-2H3. The van der Waals surface area contributed by atoms with Crippen molar-refractivity contribution in [2.24, 2.45) is 0 Å². The molecule has 0 spiro atoms. The molecule has 0 unspecified atom stereocenters. The number of aromatic nitrogens is 1. The number of halogens is 2. The molecule has 0 radical (unpaired) electrons. The molecule has 1 aromatic carbocycles. The molecule has 0 aliphatic heterocycles. The minimum Gasteiger partial charge on any atom is -0.366 e. The number of nitrogens with zero attached hydrogens (tertiary/aromatic N) is 2. The summed E-state index contributed by atoms with van der Waals surface area (Å²) in [6, 6.07) is 10.7. The van der Waals surface area contributed by atoms with Crippen LogP contribution >= 0.6 is 11.6 Å². The maximum absolute atomic E-state index is 13.3. The van der Waals surface area contributed by atoms with Gasteiger partial charge in [-0.1, -0.05) is 6.07 Å². The third-order valence-corrected chi connectivity index (χ3v) is 3.49. The maximum atomic E-state index is 13.3. The molecule has 0 N–H and O–H groups in total. The minimum absolute atomic E-state index is 0.255. The van der Waals surface area contributed by atoms with Gasteiger partial charge in [-0.15, -0.1) is 11.6 Å². The number of anilines is 1. The molecule has 0 atom stereocenters. The molecule has 2 rings (SSSR count). The molecule has 2 nitrogen and oxygen atoms in total. The average Bonchev–Trinajstić information content (AvgIpc) is 2.45. The second kappa shape index (κ2) is 6.71. The zero-order valence-electron chi connectivity index (χ0n) is 11.7. The predicted octanol–water partition coefficient (Wildman–Crippen LogP) is 4.29. The fraction of sp³-hybridized carbons (Fsp3) is 0.312. The molecule has 0 aliphatic rings. The van der Waals surface area contributed by atoms with Gasteiger partial charge in [-0.25, -0.2) is 4.39 Å². The summed E-state index contributed by atoms with van der Waals surface area (Å²) in [4.78, 5) is 6.66. The van der Waals surface area contributed by atoms with Crippen LogP contribution in [0.3, 0.4) is 0 Å². The molecule has 1 heterocycles. The first-order valence-electron chi connectivity index (χ1n) is 6.66. The number of hydrogen-bond acceptors (Lipinski definition) is 2. The first-order chi connectivity index (χ1) is 9.63. The van der Waals surface area contributed by atoms with E-state index in [1.165, 1.54) is 12.1 Å². The molecule has 0 fully saturated rings. The van der Waals surface area contributed by atoms with E-state index in [9.17, 15) is 4.39 Å². The van der Waals surface area contributed by atoms with Crippen LogP contribution in [0.4, 0.5) is 10.1 Å². The normalized spacial score (nSPS) is 10.6. The van der Waals surface area contributed by atoms with Crippen LogP contribution in [0.25, 0.3) is 0 Å². The molecule has 0 saturated carbocycles. The van der Waals surface area contributed by atoms with E-state index < -0.39 is 0 Å². The Bertz CT molecular complexity index is 586. The van der Waals surface area contributed by atoms with Crippen molar-refractivity contribution >= 4 is 17.3 Å².